The highest BCUT2D eigenvalue weighted by Gasteiger charge is 2.33. The van der Waals surface area contributed by atoms with Crippen LogP contribution < -0.4 is 15.4 Å². The molecule has 3 aromatic carbocycles. The van der Waals surface area contributed by atoms with Crippen molar-refractivity contribution >= 4 is 29.1 Å². The summed E-state index contributed by atoms with van der Waals surface area (Å²) in [5.41, 5.74) is 3.53. The van der Waals surface area contributed by atoms with Crippen molar-refractivity contribution in [2.75, 3.05) is 10.6 Å². The summed E-state index contributed by atoms with van der Waals surface area (Å²) in [6, 6.07) is 20.1. The maximum absolute atomic E-state index is 13.4. The van der Waals surface area contributed by atoms with Crippen LogP contribution in [0.5, 0.6) is 5.75 Å². The summed E-state index contributed by atoms with van der Waals surface area (Å²) in [6.45, 7) is 2.15. The number of fused-ring (bicyclic) bond motifs is 1. The number of anilines is 2. The van der Waals surface area contributed by atoms with Gasteiger partial charge in [-0.05, 0) is 66.6 Å². The predicted octanol–water partition coefficient (Wildman–Crippen LogP) is 5.58. The molecule has 1 amide bonds. The Hall–Kier alpha value is -4.17. The van der Waals surface area contributed by atoms with E-state index >= 15 is 0 Å². The smallest absolute Gasteiger partial charge is 0.255 e. The second kappa shape index (κ2) is 9.60. The van der Waals surface area contributed by atoms with Crippen LogP contribution in [-0.2, 0) is 11.4 Å². The molecule has 4 aromatic rings. The Balaban J connectivity index is 1.40. The molecular formula is C26H21ClFN5O2. The average molecular weight is 490 g/mol. The van der Waals surface area contributed by atoms with E-state index in [4.69, 9.17) is 16.3 Å². The van der Waals surface area contributed by atoms with E-state index in [0.717, 1.165) is 11.1 Å². The summed E-state index contributed by atoms with van der Waals surface area (Å²) >= 11 is 5.97. The van der Waals surface area contributed by atoms with Crippen LogP contribution in [0.15, 0.2) is 90.4 Å². The van der Waals surface area contributed by atoms with Gasteiger partial charge in [0, 0.05) is 16.4 Å². The SMILES string of the molecule is CC1=C(C(=O)Nc2ccc(Cl)cc2)C(c2ccc(OCc3ccc(F)cc3)cc2)n2ncnc2N1. The molecule has 5 rings (SSSR count). The lowest BCUT2D eigenvalue weighted by molar-refractivity contribution is -0.113. The Morgan fingerprint density at radius 2 is 1.80 bits per heavy atom. The third kappa shape index (κ3) is 4.88. The summed E-state index contributed by atoms with van der Waals surface area (Å²) in [7, 11) is 0. The second-order valence-corrected chi connectivity index (χ2v) is 8.48. The molecule has 1 aliphatic rings. The molecule has 0 aliphatic carbocycles. The minimum atomic E-state index is -0.493. The van der Waals surface area contributed by atoms with Crippen LogP contribution in [0, 0.1) is 5.82 Å². The largest absolute Gasteiger partial charge is 0.489 e. The van der Waals surface area contributed by atoms with Gasteiger partial charge in [0.05, 0.1) is 5.57 Å². The van der Waals surface area contributed by atoms with E-state index in [9.17, 15) is 9.18 Å². The van der Waals surface area contributed by atoms with Gasteiger partial charge in [0.1, 0.15) is 30.5 Å². The van der Waals surface area contributed by atoms with Crippen LogP contribution in [0.2, 0.25) is 5.02 Å². The van der Waals surface area contributed by atoms with Gasteiger partial charge >= 0.3 is 0 Å². The third-order valence-electron chi connectivity index (χ3n) is 5.66. The number of ether oxygens (including phenoxy) is 1. The standard InChI is InChI=1S/C26H21ClFN5O2/c1-16-23(25(34)32-21-10-6-19(27)7-11-21)24(33-26(31-16)29-15-30-33)18-4-12-22(13-5-18)35-14-17-2-8-20(28)9-3-17/h2-13,15,24H,14H2,1H3,(H,32,34)(H,29,30,31). The lowest BCUT2D eigenvalue weighted by Gasteiger charge is -2.28. The predicted molar refractivity (Wildman–Crippen MR) is 132 cm³/mol. The molecule has 2 heterocycles. The van der Waals surface area contributed by atoms with Crippen molar-refractivity contribution in [2.24, 2.45) is 0 Å². The third-order valence-corrected chi connectivity index (χ3v) is 5.91. The van der Waals surface area contributed by atoms with Crippen molar-refractivity contribution in [3.63, 3.8) is 0 Å². The van der Waals surface area contributed by atoms with Crippen molar-refractivity contribution in [1.29, 1.82) is 0 Å². The second-order valence-electron chi connectivity index (χ2n) is 8.04. The fourth-order valence-electron chi connectivity index (χ4n) is 3.92. The lowest BCUT2D eigenvalue weighted by Crippen LogP contribution is -2.31. The van der Waals surface area contributed by atoms with Crippen LogP contribution in [0.1, 0.15) is 24.1 Å². The Kier molecular flexibility index (Phi) is 6.20. The zero-order valence-electron chi connectivity index (χ0n) is 18.7. The number of rotatable bonds is 6. The Morgan fingerprint density at radius 3 is 2.51 bits per heavy atom. The number of hydrogen-bond donors (Lipinski definition) is 2. The number of allylic oxidation sites excluding steroid dienone is 1. The van der Waals surface area contributed by atoms with Crippen LogP contribution in [-0.4, -0.2) is 20.7 Å². The van der Waals surface area contributed by atoms with Crippen molar-refractivity contribution in [3.05, 3.63) is 112 Å². The maximum atomic E-state index is 13.4. The first-order valence-corrected chi connectivity index (χ1v) is 11.3. The summed E-state index contributed by atoms with van der Waals surface area (Å²) < 4.78 is 20.6. The molecule has 1 aliphatic heterocycles. The van der Waals surface area contributed by atoms with Crippen LogP contribution in [0.4, 0.5) is 16.0 Å². The Bertz CT molecular complexity index is 1380. The van der Waals surface area contributed by atoms with Crippen molar-refractivity contribution in [2.45, 2.75) is 19.6 Å². The first-order chi connectivity index (χ1) is 17.0. The topological polar surface area (TPSA) is 81.1 Å². The van der Waals surface area contributed by atoms with Gasteiger partial charge in [0.15, 0.2) is 0 Å². The van der Waals surface area contributed by atoms with E-state index in [0.29, 0.717) is 40.3 Å². The fourth-order valence-corrected chi connectivity index (χ4v) is 4.04. The molecular weight excluding hydrogens is 469 g/mol. The number of benzene rings is 3. The van der Waals surface area contributed by atoms with Gasteiger partial charge in [-0.3, -0.25) is 4.79 Å². The van der Waals surface area contributed by atoms with E-state index in [2.05, 4.69) is 20.7 Å². The highest BCUT2D eigenvalue weighted by Crippen LogP contribution is 2.36. The average Bonchev–Trinajstić information content (AvgIpc) is 3.32. The Morgan fingerprint density at radius 1 is 1.09 bits per heavy atom. The number of carbonyl (C=O) groups excluding carboxylic acids is 1. The fraction of sp³-hybridized carbons (Fsp3) is 0.115. The molecule has 9 heteroatoms. The van der Waals surface area contributed by atoms with Crippen LogP contribution in [0.3, 0.4) is 0 Å². The molecule has 35 heavy (non-hydrogen) atoms. The number of halogens is 2. The molecule has 0 fully saturated rings. The molecule has 0 spiro atoms. The normalized spacial score (nSPS) is 14.8. The van der Waals surface area contributed by atoms with E-state index < -0.39 is 6.04 Å². The molecule has 7 nitrogen and oxygen atoms in total. The lowest BCUT2D eigenvalue weighted by atomic mass is 9.95. The molecule has 1 unspecified atom stereocenters. The first-order valence-electron chi connectivity index (χ1n) is 10.9. The van der Waals surface area contributed by atoms with Crippen LogP contribution >= 0.6 is 11.6 Å². The Labute approximate surface area is 206 Å². The molecule has 1 aromatic heterocycles. The van der Waals surface area contributed by atoms with Gasteiger partial charge < -0.3 is 15.4 Å². The van der Waals surface area contributed by atoms with Gasteiger partial charge in [0.2, 0.25) is 5.95 Å². The minimum absolute atomic E-state index is 0.264. The van der Waals surface area contributed by atoms with E-state index in [1.165, 1.54) is 18.5 Å². The minimum Gasteiger partial charge on any atom is -0.489 e. The highest BCUT2D eigenvalue weighted by molar-refractivity contribution is 6.30. The number of amides is 1. The zero-order chi connectivity index (χ0) is 24.4. The van der Waals surface area contributed by atoms with E-state index in [-0.39, 0.29) is 11.7 Å². The number of nitrogens with zero attached hydrogens (tertiary/aromatic N) is 3. The quantitative estimate of drug-likeness (QED) is 0.369. The van der Waals surface area contributed by atoms with Gasteiger partial charge in [-0.2, -0.15) is 10.1 Å². The molecule has 0 bridgehead atoms. The van der Waals surface area contributed by atoms with E-state index in [1.54, 1.807) is 41.1 Å². The van der Waals surface area contributed by atoms with E-state index in [1.807, 2.05) is 31.2 Å². The number of nitrogens with one attached hydrogen (secondary N) is 2. The van der Waals surface area contributed by atoms with Crippen molar-refractivity contribution in [1.82, 2.24) is 14.8 Å². The van der Waals surface area contributed by atoms with Gasteiger partial charge in [-0.25, -0.2) is 9.07 Å². The molecule has 0 saturated carbocycles. The van der Waals surface area contributed by atoms with Crippen molar-refractivity contribution < 1.29 is 13.9 Å². The first kappa shape index (κ1) is 22.6. The van der Waals surface area contributed by atoms with Crippen LogP contribution in [0.25, 0.3) is 0 Å². The van der Waals surface area contributed by atoms with Gasteiger partial charge in [-0.15, -0.1) is 0 Å². The molecule has 1 atom stereocenters. The van der Waals surface area contributed by atoms with Crippen molar-refractivity contribution in [3.8, 4) is 5.75 Å². The summed E-state index contributed by atoms with van der Waals surface area (Å²) in [5.74, 6) is 0.651. The van der Waals surface area contributed by atoms with Gasteiger partial charge in [-0.1, -0.05) is 35.9 Å². The number of carbonyl (C=O) groups is 1. The molecule has 0 saturated heterocycles. The number of aromatic nitrogens is 3. The monoisotopic (exact) mass is 489 g/mol. The highest BCUT2D eigenvalue weighted by atomic mass is 35.5. The zero-order valence-corrected chi connectivity index (χ0v) is 19.5. The summed E-state index contributed by atoms with van der Waals surface area (Å²) in [4.78, 5) is 17.6. The molecule has 176 valence electrons. The molecule has 0 radical (unpaired) electrons. The molecule has 2 N–H and O–H groups in total. The summed E-state index contributed by atoms with van der Waals surface area (Å²) in [5, 5.41) is 11.0. The number of hydrogen-bond acceptors (Lipinski definition) is 5. The summed E-state index contributed by atoms with van der Waals surface area (Å²) in [6.07, 6.45) is 1.45. The maximum Gasteiger partial charge on any atom is 0.255 e. The van der Waals surface area contributed by atoms with Gasteiger partial charge in [0.25, 0.3) is 5.91 Å².